The molecule has 2 aliphatic heterocycles. The largest absolute Gasteiger partial charge is 0.480 e. The Labute approximate surface area is 95.5 Å². The van der Waals surface area contributed by atoms with E-state index in [-0.39, 0.29) is 5.60 Å². The molecule has 16 heavy (non-hydrogen) atoms. The summed E-state index contributed by atoms with van der Waals surface area (Å²) in [5.41, 5.74) is 4.57. The van der Waals surface area contributed by atoms with Crippen LogP contribution in [0.25, 0.3) is 0 Å². The third-order valence-electron chi connectivity index (χ3n) is 3.92. The summed E-state index contributed by atoms with van der Waals surface area (Å²) in [6.07, 6.45) is 2.63. The van der Waals surface area contributed by atoms with Crippen molar-refractivity contribution in [3.05, 3.63) is 0 Å². The smallest absolute Gasteiger partial charge is 0.323 e. The first-order valence-corrected chi connectivity index (χ1v) is 5.81. The van der Waals surface area contributed by atoms with Gasteiger partial charge in [0.05, 0.1) is 5.60 Å². The average molecular weight is 228 g/mol. The number of carbonyl (C=O) groups is 1. The lowest BCUT2D eigenvalue weighted by Crippen LogP contribution is -2.60. The number of aliphatic carboxylic acids is 1. The molecule has 1 unspecified atom stereocenters. The van der Waals surface area contributed by atoms with Crippen molar-refractivity contribution in [2.24, 2.45) is 5.73 Å². The fourth-order valence-corrected chi connectivity index (χ4v) is 2.69. The third kappa shape index (κ3) is 2.07. The molecule has 0 amide bonds. The lowest BCUT2D eigenvalue weighted by Gasteiger charge is -2.47. The van der Waals surface area contributed by atoms with Crippen molar-refractivity contribution < 1.29 is 14.6 Å². The number of piperidine rings is 1. The first kappa shape index (κ1) is 11.8. The maximum atomic E-state index is 11.2. The molecule has 2 fully saturated rings. The molecule has 0 aromatic rings. The van der Waals surface area contributed by atoms with Gasteiger partial charge in [0.1, 0.15) is 5.54 Å². The molecule has 0 aromatic carbocycles. The maximum Gasteiger partial charge on any atom is 0.323 e. The molecule has 5 nitrogen and oxygen atoms in total. The summed E-state index contributed by atoms with van der Waals surface area (Å²) in [6, 6.07) is 0. The molecule has 0 aromatic heterocycles. The minimum atomic E-state index is -1.09. The minimum Gasteiger partial charge on any atom is -0.480 e. The molecule has 2 rings (SSSR count). The second-order valence-electron chi connectivity index (χ2n) is 5.22. The molecule has 92 valence electrons. The van der Waals surface area contributed by atoms with E-state index in [2.05, 4.69) is 11.9 Å². The van der Waals surface area contributed by atoms with E-state index in [9.17, 15) is 9.90 Å². The molecule has 2 saturated heterocycles. The van der Waals surface area contributed by atoms with Gasteiger partial charge in [-0.15, -0.1) is 0 Å². The van der Waals surface area contributed by atoms with Crippen LogP contribution in [0.2, 0.25) is 0 Å². The third-order valence-corrected chi connectivity index (χ3v) is 3.92. The van der Waals surface area contributed by atoms with E-state index in [4.69, 9.17) is 10.5 Å². The second kappa shape index (κ2) is 3.98. The van der Waals surface area contributed by atoms with Crippen LogP contribution < -0.4 is 5.73 Å². The van der Waals surface area contributed by atoms with Gasteiger partial charge in [-0.2, -0.15) is 0 Å². The molecule has 0 bridgehead atoms. The molecule has 1 spiro atoms. The van der Waals surface area contributed by atoms with Gasteiger partial charge in [-0.1, -0.05) is 0 Å². The van der Waals surface area contributed by atoms with Crippen molar-refractivity contribution in [1.82, 2.24) is 4.90 Å². The van der Waals surface area contributed by atoms with Crippen LogP contribution in [-0.4, -0.2) is 53.9 Å². The summed E-state index contributed by atoms with van der Waals surface area (Å²) in [7, 11) is 2.07. The number of nitrogens with zero attached hydrogens (tertiary/aromatic N) is 1. The van der Waals surface area contributed by atoms with Gasteiger partial charge in [0.15, 0.2) is 0 Å². The Morgan fingerprint density at radius 3 is 2.56 bits per heavy atom. The van der Waals surface area contributed by atoms with E-state index in [1.54, 1.807) is 0 Å². The number of carboxylic acid groups (broad SMARTS) is 1. The van der Waals surface area contributed by atoms with Gasteiger partial charge in [-0.05, 0) is 26.3 Å². The second-order valence-corrected chi connectivity index (χ2v) is 5.22. The molecule has 0 radical (unpaired) electrons. The standard InChI is InChI=1S/C11H20N2O3/c1-13-5-2-10(3-6-13)8-11(12,9(14)15)4-7-16-10/h2-8,12H2,1H3,(H,14,15). The zero-order chi connectivity index (χ0) is 11.8. The molecule has 2 aliphatic rings. The van der Waals surface area contributed by atoms with Gasteiger partial charge in [-0.3, -0.25) is 4.79 Å². The van der Waals surface area contributed by atoms with Crippen molar-refractivity contribution in [2.45, 2.75) is 36.8 Å². The molecule has 1 atom stereocenters. The Morgan fingerprint density at radius 1 is 1.38 bits per heavy atom. The molecule has 0 saturated carbocycles. The summed E-state index contributed by atoms with van der Waals surface area (Å²) in [5.74, 6) is -0.894. The van der Waals surface area contributed by atoms with Crippen LogP contribution in [0.5, 0.6) is 0 Å². The highest BCUT2D eigenvalue weighted by Gasteiger charge is 2.48. The van der Waals surface area contributed by atoms with Crippen molar-refractivity contribution in [2.75, 3.05) is 26.7 Å². The summed E-state index contributed by atoms with van der Waals surface area (Å²) < 4.78 is 5.83. The highest BCUT2D eigenvalue weighted by atomic mass is 16.5. The summed E-state index contributed by atoms with van der Waals surface area (Å²) in [4.78, 5) is 13.4. The Balaban J connectivity index is 2.09. The van der Waals surface area contributed by atoms with Gasteiger partial charge in [0.25, 0.3) is 0 Å². The molecule has 5 heteroatoms. The highest BCUT2D eigenvalue weighted by molar-refractivity contribution is 5.78. The number of likely N-dealkylation sites (tertiary alicyclic amines) is 1. The quantitative estimate of drug-likeness (QED) is 0.663. The predicted octanol–water partition coefficient (Wildman–Crippen LogP) is 0.0433. The van der Waals surface area contributed by atoms with E-state index in [0.717, 1.165) is 25.9 Å². The lowest BCUT2D eigenvalue weighted by atomic mass is 9.75. The number of carboxylic acids is 1. The SMILES string of the molecule is CN1CCC2(CC1)CC(N)(C(=O)O)CCO2. The molecule has 0 aliphatic carbocycles. The molecular weight excluding hydrogens is 208 g/mol. The minimum absolute atomic E-state index is 0.294. The van der Waals surface area contributed by atoms with Gasteiger partial charge < -0.3 is 20.5 Å². The number of hydrogen-bond donors (Lipinski definition) is 2. The van der Waals surface area contributed by atoms with Gasteiger partial charge >= 0.3 is 5.97 Å². The van der Waals surface area contributed by atoms with Gasteiger partial charge in [-0.25, -0.2) is 0 Å². The van der Waals surface area contributed by atoms with E-state index >= 15 is 0 Å². The highest BCUT2D eigenvalue weighted by Crippen LogP contribution is 2.38. The molecule has 2 heterocycles. The van der Waals surface area contributed by atoms with Crippen molar-refractivity contribution in [3.63, 3.8) is 0 Å². The Kier molecular flexibility index (Phi) is 2.94. The first-order valence-electron chi connectivity index (χ1n) is 5.81. The summed E-state index contributed by atoms with van der Waals surface area (Å²) in [6.45, 7) is 2.37. The van der Waals surface area contributed by atoms with Crippen LogP contribution >= 0.6 is 0 Å². The van der Waals surface area contributed by atoms with Crippen LogP contribution in [0.3, 0.4) is 0 Å². The predicted molar refractivity (Wildman–Crippen MR) is 59.2 cm³/mol. The van der Waals surface area contributed by atoms with Gasteiger partial charge in [0, 0.05) is 26.1 Å². The number of nitrogens with two attached hydrogens (primary N) is 1. The van der Waals surface area contributed by atoms with Crippen LogP contribution in [0.4, 0.5) is 0 Å². The van der Waals surface area contributed by atoms with E-state index in [0.29, 0.717) is 19.4 Å². The van der Waals surface area contributed by atoms with E-state index < -0.39 is 11.5 Å². The normalized spacial score (nSPS) is 35.1. The zero-order valence-electron chi connectivity index (χ0n) is 9.74. The van der Waals surface area contributed by atoms with Crippen LogP contribution in [0.1, 0.15) is 25.7 Å². The Morgan fingerprint density at radius 2 is 2.00 bits per heavy atom. The fourth-order valence-electron chi connectivity index (χ4n) is 2.69. The lowest BCUT2D eigenvalue weighted by molar-refractivity contribution is -0.164. The van der Waals surface area contributed by atoms with E-state index in [1.165, 1.54) is 0 Å². The number of ether oxygens (including phenoxy) is 1. The van der Waals surface area contributed by atoms with Crippen LogP contribution in [-0.2, 0) is 9.53 Å². The Hall–Kier alpha value is -0.650. The van der Waals surface area contributed by atoms with Crippen LogP contribution in [0, 0.1) is 0 Å². The fraction of sp³-hybridized carbons (Fsp3) is 0.909. The van der Waals surface area contributed by atoms with Crippen molar-refractivity contribution >= 4 is 5.97 Å². The maximum absolute atomic E-state index is 11.2. The van der Waals surface area contributed by atoms with Crippen LogP contribution in [0.15, 0.2) is 0 Å². The monoisotopic (exact) mass is 228 g/mol. The number of hydrogen-bond acceptors (Lipinski definition) is 4. The zero-order valence-corrected chi connectivity index (χ0v) is 9.74. The average Bonchev–Trinajstić information content (AvgIpc) is 2.23. The van der Waals surface area contributed by atoms with Gasteiger partial charge in [0.2, 0.25) is 0 Å². The van der Waals surface area contributed by atoms with E-state index in [1.807, 2.05) is 0 Å². The summed E-state index contributed by atoms with van der Waals surface area (Å²) in [5, 5.41) is 9.17. The number of rotatable bonds is 1. The Bertz CT molecular complexity index is 287. The molecule has 3 N–H and O–H groups in total. The first-order chi connectivity index (χ1) is 7.46. The summed E-state index contributed by atoms with van der Waals surface area (Å²) >= 11 is 0. The van der Waals surface area contributed by atoms with Crippen molar-refractivity contribution in [3.8, 4) is 0 Å². The van der Waals surface area contributed by atoms with Crippen molar-refractivity contribution in [1.29, 1.82) is 0 Å². The topological polar surface area (TPSA) is 75.8 Å². The molecular formula is C11H20N2O3.